The second-order valence-electron chi connectivity index (χ2n) is 6.95. The van der Waals surface area contributed by atoms with Crippen LogP contribution in [0, 0.1) is 5.92 Å². The van der Waals surface area contributed by atoms with E-state index in [9.17, 15) is 4.79 Å². The lowest BCUT2D eigenvalue weighted by Crippen LogP contribution is -2.28. The van der Waals surface area contributed by atoms with E-state index in [-0.39, 0.29) is 5.91 Å². The van der Waals surface area contributed by atoms with Gasteiger partial charge in [-0.25, -0.2) is 4.98 Å². The van der Waals surface area contributed by atoms with Crippen LogP contribution in [-0.2, 0) is 0 Å². The van der Waals surface area contributed by atoms with Crippen LogP contribution in [0.25, 0.3) is 22.2 Å². The molecule has 4 heteroatoms. The summed E-state index contributed by atoms with van der Waals surface area (Å²) in [5.74, 6) is 1.47. The summed E-state index contributed by atoms with van der Waals surface area (Å²) in [6, 6.07) is 17.6. The van der Waals surface area contributed by atoms with Gasteiger partial charge in [-0.1, -0.05) is 25.1 Å². The van der Waals surface area contributed by atoms with Crippen molar-refractivity contribution in [3.63, 3.8) is 0 Å². The van der Waals surface area contributed by atoms with E-state index in [1.807, 2.05) is 59.5 Å². The maximum absolute atomic E-state index is 13.2. The first-order valence-corrected chi connectivity index (χ1v) is 8.99. The van der Waals surface area contributed by atoms with Crippen molar-refractivity contribution >= 4 is 16.8 Å². The van der Waals surface area contributed by atoms with Crippen molar-refractivity contribution in [3.8, 4) is 17.0 Å². The number of carbonyl (C=O) groups excluding carboxylic acids is 1. The van der Waals surface area contributed by atoms with Crippen LogP contribution >= 0.6 is 0 Å². The lowest BCUT2D eigenvalue weighted by Gasteiger charge is -2.18. The van der Waals surface area contributed by atoms with Gasteiger partial charge in [0.25, 0.3) is 5.91 Å². The molecule has 4 rings (SSSR count). The van der Waals surface area contributed by atoms with Gasteiger partial charge < -0.3 is 9.64 Å². The monoisotopic (exact) mass is 346 g/mol. The molecule has 0 spiro atoms. The first-order chi connectivity index (χ1) is 12.7. The Labute approximate surface area is 153 Å². The Morgan fingerprint density at radius 2 is 1.92 bits per heavy atom. The number of pyridine rings is 1. The normalized spacial score (nSPS) is 16.8. The number of hydrogen-bond acceptors (Lipinski definition) is 3. The highest BCUT2D eigenvalue weighted by atomic mass is 16.5. The van der Waals surface area contributed by atoms with Crippen molar-refractivity contribution < 1.29 is 9.53 Å². The zero-order chi connectivity index (χ0) is 18.1. The molecule has 132 valence electrons. The van der Waals surface area contributed by atoms with Crippen molar-refractivity contribution in [1.82, 2.24) is 9.88 Å². The van der Waals surface area contributed by atoms with E-state index in [0.29, 0.717) is 5.92 Å². The molecule has 1 aliphatic rings. The van der Waals surface area contributed by atoms with E-state index >= 15 is 0 Å². The van der Waals surface area contributed by atoms with Gasteiger partial charge in [0, 0.05) is 24.0 Å². The number of rotatable bonds is 3. The molecule has 3 aromatic rings. The minimum absolute atomic E-state index is 0.0997. The number of carbonyl (C=O) groups is 1. The Hall–Kier alpha value is -2.88. The maximum Gasteiger partial charge on any atom is 0.254 e. The Bertz CT molecular complexity index is 950. The van der Waals surface area contributed by atoms with Crippen molar-refractivity contribution in [2.45, 2.75) is 13.3 Å². The third kappa shape index (κ3) is 3.03. The molecule has 26 heavy (non-hydrogen) atoms. The van der Waals surface area contributed by atoms with Crippen LogP contribution < -0.4 is 4.74 Å². The Morgan fingerprint density at radius 1 is 1.15 bits per heavy atom. The number of benzene rings is 2. The molecule has 1 amide bonds. The van der Waals surface area contributed by atoms with E-state index < -0.39 is 0 Å². The zero-order valence-electron chi connectivity index (χ0n) is 15.1. The van der Waals surface area contributed by atoms with E-state index in [1.54, 1.807) is 7.11 Å². The highest BCUT2D eigenvalue weighted by Crippen LogP contribution is 2.28. The fraction of sp³-hybridized carbons (Fsp3) is 0.273. The standard InChI is InChI=1S/C22H22N2O2/c1-15-11-12-24(14-15)22(25)19-13-21(16-7-9-17(26-2)10-8-16)23-20-6-4-3-5-18(19)20/h3-10,13,15H,11-12,14H2,1-2H3. The van der Waals surface area contributed by atoms with Gasteiger partial charge in [-0.05, 0) is 48.7 Å². The summed E-state index contributed by atoms with van der Waals surface area (Å²) >= 11 is 0. The Morgan fingerprint density at radius 3 is 2.62 bits per heavy atom. The van der Waals surface area contributed by atoms with Crippen molar-refractivity contribution in [1.29, 1.82) is 0 Å². The molecular weight excluding hydrogens is 324 g/mol. The van der Waals surface area contributed by atoms with Gasteiger partial charge in [0.15, 0.2) is 0 Å². The molecule has 0 radical (unpaired) electrons. The van der Waals surface area contributed by atoms with E-state index in [2.05, 4.69) is 6.92 Å². The number of para-hydroxylation sites is 1. The average molecular weight is 346 g/mol. The topological polar surface area (TPSA) is 42.4 Å². The molecule has 0 aliphatic carbocycles. The molecule has 1 atom stereocenters. The summed E-state index contributed by atoms with van der Waals surface area (Å²) in [4.78, 5) is 19.9. The molecule has 1 saturated heterocycles. The van der Waals surface area contributed by atoms with Gasteiger partial charge in [0.1, 0.15) is 5.75 Å². The lowest BCUT2D eigenvalue weighted by atomic mass is 10.0. The molecule has 1 aromatic heterocycles. The molecule has 1 aliphatic heterocycles. The second-order valence-corrected chi connectivity index (χ2v) is 6.95. The average Bonchev–Trinajstić information content (AvgIpc) is 3.13. The Balaban J connectivity index is 1.81. The third-order valence-electron chi connectivity index (χ3n) is 5.04. The fourth-order valence-electron chi connectivity index (χ4n) is 3.55. The molecule has 1 unspecified atom stereocenters. The molecule has 0 saturated carbocycles. The van der Waals surface area contributed by atoms with Gasteiger partial charge in [-0.15, -0.1) is 0 Å². The first kappa shape index (κ1) is 16.6. The molecule has 1 fully saturated rings. The van der Waals surface area contributed by atoms with Gasteiger partial charge >= 0.3 is 0 Å². The van der Waals surface area contributed by atoms with Crippen LogP contribution in [0.4, 0.5) is 0 Å². The molecule has 0 N–H and O–H groups in total. The van der Waals surface area contributed by atoms with Gasteiger partial charge in [-0.3, -0.25) is 4.79 Å². The van der Waals surface area contributed by atoms with Crippen LogP contribution in [0.15, 0.2) is 54.6 Å². The predicted molar refractivity (Wildman–Crippen MR) is 103 cm³/mol. The van der Waals surface area contributed by atoms with Crippen LogP contribution in [-0.4, -0.2) is 36.0 Å². The fourth-order valence-corrected chi connectivity index (χ4v) is 3.55. The summed E-state index contributed by atoms with van der Waals surface area (Å²) in [5.41, 5.74) is 3.36. The number of nitrogens with zero attached hydrogens (tertiary/aromatic N) is 2. The smallest absolute Gasteiger partial charge is 0.254 e. The van der Waals surface area contributed by atoms with Crippen LogP contribution in [0.5, 0.6) is 5.75 Å². The first-order valence-electron chi connectivity index (χ1n) is 8.99. The summed E-state index contributed by atoms with van der Waals surface area (Å²) in [6.07, 6.45) is 1.07. The minimum atomic E-state index is 0.0997. The van der Waals surface area contributed by atoms with Gasteiger partial charge in [0.2, 0.25) is 0 Å². The van der Waals surface area contributed by atoms with Crippen LogP contribution in [0.1, 0.15) is 23.7 Å². The van der Waals surface area contributed by atoms with Crippen LogP contribution in [0.3, 0.4) is 0 Å². The van der Waals surface area contributed by atoms with E-state index in [4.69, 9.17) is 9.72 Å². The number of ether oxygens (including phenoxy) is 1. The SMILES string of the molecule is COc1ccc(-c2cc(C(=O)N3CCC(C)C3)c3ccccc3n2)cc1. The number of amides is 1. The minimum Gasteiger partial charge on any atom is -0.497 e. The highest BCUT2D eigenvalue weighted by Gasteiger charge is 2.26. The quantitative estimate of drug-likeness (QED) is 0.706. The number of aromatic nitrogens is 1. The number of likely N-dealkylation sites (tertiary alicyclic amines) is 1. The van der Waals surface area contributed by atoms with Gasteiger partial charge in [-0.2, -0.15) is 0 Å². The predicted octanol–water partition coefficient (Wildman–Crippen LogP) is 4.39. The van der Waals surface area contributed by atoms with Crippen molar-refractivity contribution in [3.05, 3.63) is 60.2 Å². The zero-order valence-corrected chi connectivity index (χ0v) is 15.1. The summed E-state index contributed by atoms with van der Waals surface area (Å²) < 4.78 is 5.23. The molecule has 0 bridgehead atoms. The van der Waals surface area contributed by atoms with Crippen molar-refractivity contribution in [2.75, 3.05) is 20.2 Å². The number of methoxy groups -OCH3 is 1. The summed E-state index contributed by atoms with van der Waals surface area (Å²) in [6.45, 7) is 3.85. The number of hydrogen-bond donors (Lipinski definition) is 0. The lowest BCUT2D eigenvalue weighted by molar-refractivity contribution is 0.0790. The summed E-state index contributed by atoms with van der Waals surface area (Å²) in [5, 5.41) is 0.911. The largest absolute Gasteiger partial charge is 0.497 e. The molecule has 2 heterocycles. The van der Waals surface area contributed by atoms with E-state index in [1.165, 1.54) is 0 Å². The highest BCUT2D eigenvalue weighted by molar-refractivity contribution is 6.07. The van der Waals surface area contributed by atoms with Crippen LogP contribution in [0.2, 0.25) is 0 Å². The van der Waals surface area contributed by atoms with Gasteiger partial charge in [0.05, 0.1) is 23.9 Å². The van der Waals surface area contributed by atoms with E-state index in [0.717, 1.165) is 53.0 Å². The third-order valence-corrected chi connectivity index (χ3v) is 5.04. The summed E-state index contributed by atoms with van der Waals surface area (Å²) in [7, 11) is 1.65. The second kappa shape index (κ2) is 6.79. The molecular formula is C22H22N2O2. The molecule has 4 nitrogen and oxygen atoms in total. The van der Waals surface area contributed by atoms with Crippen molar-refractivity contribution in [2.24, 2.45) is 5.92 Å². The molecule has 2 aromatic carbocycles. The number of fused-ring (bicyclic) bond motifs is 1. The Kier molecular flexibility index (Phi) is 4.33. The maximum atomic E-state index is 13.2.